The van der Waals surface area contributed by atoms with Crippen molar-refractivity contribution in [3.8, 4) is 0 Å². The third kappa shape index (κ3) is 4.96. The van der Waals surface area contributed by atoms with Gasteiger partial charge in [0.15, 0.2) is 0 Å². The number of hydrogen-bond acceptors (Lipinski definition) is 6. The number of nitrogens with zero attached hydrogens (tertiary/aromatic N) is 3. The fraction of sp³-hybridized carbons (Fsp3) is 1.00. The molecule has 3 atom stereocenters. The summed E-state index contributed by atoms with van der Waals surface area (Å²) in [7, 11) is 14.5. The van der Waals surface area contributed by atoms with Gasteiger partial charge in [-0.05, 0) is 48.6 Å². The summed E-state index contributed by atoms with van der Waals surface area (Å²) >= 11 is 0. The Morgan fingerprint density at radius 1 is 1.06 bits per heavy atom. The lowest BCUT2D eigenvalue weighted by atomic mass is 10.2. The van der Waals surface area contributed by atoms with Gasteiger partial charge >= 0.3 is 0 Å². The molecule has 1 N–H and O–H groups in total. The predicted molar refractivity (Wildman–Crippen MR) is 80.0 cm³/mol. The lowest BCUT2D eigenvalue weighted by molar-refractivity contribution is 0.208. The van der Waals surface area contributed by atoms with Gasteiger partial charge in [-0.15, -0.1) is 0 Å². The van der Waals surface area contributed by atoms with Gasteiger partial charge in [-0.1, -0.05) is 21.6 Å². The zero-order valence-electron chi connectivity index (χ0n) is 11.8. The highest BCUT2D eigenvalue weighted by atomic mass is 33.1. The topological polar surface area (TPSA) is 21.8 Å². The normalized spacial score (nSPS) is 27.4. The van der Waals surface area contributed by atoms with Crippen molar-refractivity contribution in [2.75, 3.05) is 41.8 Å². The molecule has 0 aromatic carbocycles. The van der Waals surface area contributed by atoms with E-state index in [4.69, 9.17) is 0 Å². The fourth-order valence-corrected chi connectivity index (χ4v) is 4.50. The maximum absolute atomic E-state index is 3.61. The molecular formula is C11H26N4S2. The number of rotatable bonds is 6. The van der Waals surface area contributed by atoms with E-state index in [2.05, 4.69) is 62.2 Å². The highest BCUT2D eigenvalue weighted by molar-refractivity contribution is 8.77. The van der Waals surface area contributed by atoms with Crippen LogP contribution in [0.2, 0.25) is 0 Å². The van der Waals surface area contributed by atoms with Gasteiger partial charge in [0.1, 0.15) is 11.0 Å². The first-order chi connectivity index (χ1) is 7.91. The van der Waals surface area contributed by atoms with Crippen molar-refractivity contribution < 1.29 is 0 Å². The first-order valence-electron chi connectivity index (χ1n) is 6.03. The van der Waals surface area contributed by atoms with E-state index in [0.29, 0.717) is 17.0 Å². The van der Waals surface area contributed by atoms with Gasteiger partial charge in [-0.2, -0.15) is 0 Å². The third-order valence-electron chi connectivity index (χ3n) is 3.17. The van der Waals surface area contributed by atoms with E-state index in [-0.39, 0.29) is 0 Å². The van der Waals surface area contributed by atoms with E-state index in [1.54, 1.807) is 0 Å². The van der Waals surface area contributed by atoms with Gasteiger partial charge in [-0.3, -0.25) is 15.1 Å². The fourth-order valence-electron chi connectivity index (χ4n) is 1.48. The maximum Gasteiger partial charge on any atom is 0.120 e. The molecule has 0 aromatic rings. The zero-order valence-corrected chi connectivity index (χ0v) is 13.4. The molecule has 1 rings (SSSR count). The maximum atomic E-state index is 3.61. The number of nitrogens with one attached hydrogen (secondary N) is 1. The summed E-state index contributed by atoms with van der Waals surface area (Å²) in [5.41, 5.74) is 0.862. The van der Waals surface area contributed by atoms with Crippen LogP contribution >= 0.6 is 21.6 Å². The summed E-state index contributed by atoms with van der Waals surface area (Å²) in [4.78, 5) is 6.90. The van der Waals surface area contributed by atoms with Crippen LogP contribution in [-0.4, -0.2) is 73.5 Å². The summed E-state index contributed by atoms with van der Waals surface area (Å²) in [6.45, 7) is 3.41. The van der Waals surface area contributed by atoms with Crippen LogP contribution < -0.4 is 5.32 Å². The van der Waals surface area contributed by atoms with Crippen LogP contribution in [0.4, 0.5) is 0 Å². The monoisotopic (exact) mass is 278 g/mol. The Balaban J connectivity index is 2.27. The average Bonchev–Trinajstić information content (AvgIpc) is 2.74. The molecule has 0 amide bonds. The van der Waals surface area contributed by atoms with Crippen molar-refractivity contribution in [3.05, 3.63) is 0 Å². The van der Waals surface area contributed by atoms with Crippen LogP contribution in [0.25, 0.3) is 0 Å². The van der Waals surface area contributed by atoms with Gasteiger partial charge in [0.05, 0.1) is 0 Å². The largest absolute Gasteiger partial charge is 0.307 e. The molecule has 6 heteroatoms. The molecule has 1 aliphatic heterocycles. The lowest BCUT2D eigenvalue weighted by Crippen LogP contribution is -2.46. The van der Waals surface area contributed by atoms with Crippen molar-refractivity contribution >= 4 is 21.6 Å². The molecular weight excluding hydrogens is 252 g/mol. The number of hydrogen-bond donors (Lipinski definition) is 1. The van der Waals surface area contributed by atoms with Gasteiger partial charge in [0.25, 0.3) is 0 Å². The quantitative estimate of drug-likeness (QED) is 0.736. The molecule has 0 spiro atoms. The smallest absolute Gasteiger partial charge is 0.120 e. The van der Waals surface area contributed by atoms with Gasteiger partial charge in [0.2, 0.25) is 0 Å². The molecule has 1 fully saturated rings. The van der Waals surface area contributed by atoms with E-state index in [1.807, 2.05) is 21.6 Å². The molecule has 4 nitrogen and oxygen atoms in total. The second kappa shape index (κ2) is 7.21. The van der Waals surface area contributed by atoms with E-state index >= 15 is 0 Å². The third-order valence-corrected chi connectivity index (χ3v) is 6.13. The van der Waals surface area contributed by atoms with Crippen LogP contribution in [0.1, 0.15) is 13.3 Å². The van der Waals surface area contributed by atoms with Crippen LogP contribution in [0.5, 0.6) is 0 Å². The minimum absolute atomic E-state index is 0.429. The molecule has 1 heterocycles. The van der Waals surface area contributed by atoms with Gasteiger partial charge in [0, 0.05) is 12.6 Å². The van der Waals surface area contributed by atoms with Crippen LogP contribution in [0, 0.1) is 0 Å². The Kier molecular flexibility index (Phi) is 6.61. The van der Waals surface area contributed by atoms with Crippen molar-refractivity contribution in [3.63, 3.8) is 0 Å². The summed E-state index contributed by atoms with van der Waals surface area (Å²) in [5.74, 6) is 0. The molecule has 0 bridgehead atoms. The Morgan fingerprint density at radius 3 is 2.12 bits per heavy atom. The molecule has 0 saturated carbocycles. The molecule has 0 aromatic heterocycles. The Bertz CT molecular complexity index is 226. The van der Waals surface area contributed by atoms with Crippen LogP contribution in [0.15, 0.2) is 0 Å². The van der Waals surface area contributed by atoms with Crippen molar-refractivity contribution in [2.24, 2.45) is 0 Å². The standard InChI is InChI=1S/C11H26N4S2/c1-9(13(2)3)7-8-15(6)11-12-10(14(4)5)16-17-11/h9-12H,7-8H2,1-6H3. The van der Waals surface area contributed by atoms with E-state index < -0.39 is 0 Å². The predicted octanol–water partition coefficient (Wildman–Crippen LogP) is 1.37. The van der Waals surface area contributed by atoms with Crippen LogP contribution in [-0.2, 0) is 0 Å². The molecule has 3 unspecified atom stereocenters. The Morgan fingerprint density at radius 2 is 1.65 bits per heavy atom. The minimum atomic E-state index is 0.429. The summed E-state index contributed by atoms with van der Waals surface area (Å²) < 4.78 is 0. The Hall–Kier alpha value is 0.540. The van der Waals surface area contributed by atoms with E-state index in [9.17, 15) is 0 Å². The molecule has 17 heavy (non-hydrogen) atoms. The van der Waals surface area contributed by atoms with Crippen molar-refractivity contribution in [1.82, 2.24) is 20.0 Å². The molecule has 0 radical (unpaired) electrons. The first-order valence-corrected chi connectivity index (χ1v) is 8.30. The van der Waals surface area contributed by atoms with Crippen molar-refractivity contribution in [2.45, 2.75) is 30.4 Å². The second-order valence-corrected chi connectivity index (χ2v) is 7.54. The highest BCUT2D eigenvalue weighted by Crippen LogP contribution is 2.38. The molecule has 1 saturated heterocycles. The first kappa shape index (κ1) is 15.6. The summed E-state index contributed by atoms with van der Waals surface area (Å²) in [6.07, 6.45) is 1.21. The van der Waals surface area contributed by atoms with Gasteiger partial charge < -0.3 is 4.90 Å². The van der Waals surface area contributed by atoms with Crippen LogP contribution in [0.3, 0.4) is 0 Å². The summed E-state index contributed by atoms with van der Waals surface area (Å²) in [5, 5.41) is 3.61. The molecule has 0 aliphatic carbocycles. The van der Waals surface area contributed by atoms with E-state index in [0.717, 1.165) is 6.54 Å². The molecule has 102 valence electrons. The van der Waals surface area contributed by atoms with Crippen molar-refractivity contribution in [1.29, 1.82) is 0 Å². The second-order valence-electron chi connectivity index (χ2n) is 5.11. The van der Waals surface area contributed by atoms with Gasteiger partial charge in [-0.25, -0.2) is 0 Å². The average molecular weight is 278 g/mol. The lowest BCUT2D eigenvalue weighted by Gasteiger charge is -2.27. The SMILES string of the molecule is CC(CCN(C)C1NC(N(C)C)SS1)N(C)C. The van der Waals surface area contributed by atoms with E-state index in [1.165, 1.54) is 6.42 Å². The Labute approximate surface area is 114 Å². The molecule has 1 aliphatic rings. The minimum Gasteiger partial charge on any atom is -0.307 e. The summed E-state index contributed by atoms with van der Waals surface area (Å²) in [6, 6.07) is 0.640. The highest BCUT2D eigenvalue weighted by Gasteiger charge is 2.29. The zero-order chi connectivity index (χ0) is 13.0.